The lowest BCUT2D eigenvalue weighted by Crippen LogP contribution is -2.01. The lowest BCUT2D eigenvalue weighted by atomic mass is 10.3. The molecule has 2 heterocycles. The highest BCUT2D eigenvalue weighted by atomic mass is 35.5. The summed E-state index contributed by atoms with van der Waals surface area (Å²) in [6.45, 7) is 0. The van der Waals surface area contributed by atoms with Crippen LogP contribution in [0.15, 0.2) is 30.6 Å². The molecular weight excluding hydrogens is 261 g/mol. The lowest BCUT2D eigenvalue weighted by Gasteiger charge is -2.03. The van der Waals surface area contributed by atoms with E-state index in [-0.39, 0.29) is 10.4 Å². The Morgan fingerprint density at radius 1 is 1.06 bits per heavy atom. The fourth-order valence-corrected chi connectivity index (χ4v) is 1.86. The van der Waals surface area contributed by atoms with Crippen LogP contribution in [-0.2, 0) is 0 Å². The molecule has 84 valence electrons. The van der Waals surface area contributed by atoms with Gasteiger partial charge < -0.3 is 0 Å². The summed E-state index contributed by atoms with van der Waals surface area (Å²) in [6.07, 6.45) is 1.62. The molecule has 17 heavy (non-hydrogen) atoms. The Kier molecular flexibility index (Phi) is 2.42. The number of hydrogen-bond acceptors (Lipinski definition) is 4. The predicted molar refractivity (Wildman–Crippen MR) is 64.5 cm³/mol. The summed E-state index contributed by atoms with van der Waals surface area (Å²) in [7, 11) is 0. The van der Waals surface area contributed by atoms with Gasteiger partial charge >= 0.3 is 0 Å². The normalized spacial score (nSPS) is 10.9. The molecule has 3 aromatic rings. The maximum atomic E-state index is 5.94. The van der Waals surface area contributed by atoms with Crippen molar-refractivity contribution in [1.29, 1.82) is 0 Å². The van der Waals surface area contributed by atoms with Gasteiger partial charge in [-0.2, -0.15) is 4.98 Å². The summed E-state index contributed by atoms with van der Waals surface area (Å²) in [4.78, 5) is 8.29. The second-order valence-electron chi connectivity index (χ2n) is 3.30. The number of hydrogen-bond donors (Lipinski definition) is 0. The van der Waals surface area contributed by atoms with Crippen molar-refractivity contribution in [2.75, 3.05) is 0 Å². The Balaban J connectivity index is 2.31. The molecule has 0 bridgehead atoms. The number of rotatable bonds is 1. The standard InChI is InChI=1S/C10H5Cl2N5/c11-8-9(14-10(12)16-15-8)17-5-13-6-3-1-2-4-7(6)17/h1-5H. The molecule has 0 N–H and O–H groups in total. The molecule has 7 heteroatoms. The molecule has 0 aliphatic heterocycles. The van der Waals surface area contributed by atoms with Gasteiger partial charge in [-0.1, -0.05) is 23.7 Å². The van der Waals surface area contributed by atoms with Gasteiger partial charge in [0.05, 0.1) is 11.0 Å². The highest BCUT2D eigenvalue weighted by Gasteiger charge is 2.11. The average Bonchev–Trinajstić information content (AvgIpc) is 2.76. The zero-order valence-corrected chi connectivity index (χ0v) is 9.89. The van der Waals surface area contributed by atoms with Gasteiger partial charge in [0, 0.05) is 0 Å². The zero-order chi connectivity index (χ0) is 11.8. The molecule has 0 aliphatic carbocycles. The minimum Gasteiger partial charge on any atom is -0.280 e. The smallest absolute Gasteiger partial charge is 0.245 e. The van der Waals surface area contributed by atoms with Crippen LogP contribution in [0.1, 0.15) is 0 Å². The maximum Gasteiger partial charge on any atom is 0.245 e. The molecule has 3 rings (SSSR count). The largest absolute Gasteiger partial charge is 0.280 e. The van der Waals surface area contributed by atoms with E-state index < -0.39 is 0 Å². The van der Waals surface area contributed by atoms with E-state index in [1.807, 2.05) is 24.3 Å². The van der Waals surface area contributed by atoms with Crippen LogP contribution < -0.4 is 0 Å². The highest BCUT2D eigenvalue weighted by molar-refractivity contribution is 6.31. The van der Waals surface area contributed by atoms with E-state index in [0.29, 0.717) is 5.82 Å². The molecule has 0 saturated carbocycles. The molecule has 0 amide bonds. The van der Waals surface area contributed by atoms with Crippen molar-refractivity contribution in [1.82, 2.24) is 24.7 Å². The van der Waals surface area contributed by atoms with E-state index in [1.54, 1.807) is 10.9 Å². The van der Waals surface area contributed by atoms with Gasteiger partial charge in [-0.25, -0.2) is 4.98 Å². The summed E-state index contributed by atoms with van der Waals surface area (Å²) in [5.74, 6) is 0.417. The van der Waals surface area contributed by atoms with Gasteiger partial charge in [0.2, 0.25) is 5.28 Å². The maximum absolute atomic E-state index is 5.94. The second-order valence-corrected chi connectivity index (χ2v) is 3.99. The minimum absolute atomic E-state index is 0.0437. The van der Waals surface area contributed by atoms with Crippen LogP contribution in [0.5, 0.6) is 0 Å². The van der Waals surface area contributed by atoms with Gasteiger partial charge in [0.1, 0.15) is 6.33 Å². The molecule has 5 nitrogen and oxygen atoms in total. The third kappa shape index (κ3) is 1.73. The van der Waals surface area contributed by atoms with Crippen LogP contribution >= 0.6 is 23.2 Å². The number of aromatic nitrogens is 5. The summed E-state index contributed by atoms with van der Waals surface area (Å²) < 4.78 is 1.72. The molecule has 0 fully saturated rings. The predicted octanol–water partition coefficient (Wildman–Crippen LogP) is 2.52. The molecule has 0 aliphatic rings. The second kappa shape index (κ2) is 3.94. The van der Waals surface area contributed by atoms with Crippen molar-refractivity contribution >= 4 is 34.2 Å². The Morgan fingerprint density at radius 2 is 1.88 bits per heavy atom. The van der Waals surface area contributed by atoms with E-state index in [2.05, 4.69) is 20.2 Å². The first-order valence-electron chi connectivity index (χ1n) is 4.74. The number of para-hydroxylation sites is 2. The molecule has 0 unspecified atom stereocenters. The monoisotopic (exact) mass is 265 g/mol. The van der Waals surface area contributed by atoms with E-state index in [1.165, 1.54) is 0 Å². The van der Waals surface area contributed by atoms with Crippen LogP contribution in [-0.4, -0.2) is 24.7 Å². The van der Waals surface area contributed by atoms with Crippen LogP contribution in [0.3, 0.4) is 0 Å². The van der Waals surface area contributed by atoms with Gasteiger partial charge in [-0.15, -0.1) is 10.2 Å². The average molecular weight is 266 g/mol. The zero-order valence-electron chi connectivity index (χ0n) is 8.38. The van der Waals surface area contributed by atoms with Crippen molar-refractivity contribution in [3.8, 4) is 5.82 Å². The number of halogens is 2. The van der Waals surface area contributed by atoms with Crippen LogP contribution in [0, 0.1) is 0 Å². The SMILES string of the molecule is Clc1nnc(Cl)c(-n2cnc3ccccc32)n1. The van der Waals surface area contributed by atoms with Gasteiger partial charge in [0.15, 0.2) is 11.0 Å². The fraction of sp³-hybridized carbons (Fsp3) is 0. The number of fused-ring (bicyclic) bond motifs is 1. The first kappa shape index (κ1) is 10.4. The molecule has 0 spiro atoms. The summed E-state index contributed by atoms with van der Waals surface area (Å²) in [5.41, 5.74) is 1.73. The minimum atomic E-state index is 0.0437. The summed E-state index contributed by atoms with van der Waals surface area (Å²) in [5, 5.41) is 7.50. The first-order valence-corrected chi connectivity index (χ1v) is 5.49. The lowest BCUT2D eigenvalue weighted by molar-refractivity contribution is 0.910. The van der Waals surface area contributed by atoms with Gasteiger partial charge in [-0.05, 0) is 23.7 Å². The third-order valence-corrected chi connectivity index (χ3v) is 2.69. The van der Waals surface area contributed by atoms with Crippen LogP contribution in [0.25, 0.3) is 16.9 Å². The van der Waals surface area contributed by atoms with Crippen molar-refractivity contribution < 1.29 is 0 Å². The highest BCUT2D eigenvalue weighted by Crippen LogP contribution is 2.21. The Labute approximate surface area is 106 Å². The molecule has 0 radical (unpaired) electrons. The fourth-order valence-electron chi connectivity index (χ4n) is 1.57. The van der Waals surface area contributed by atoms with E-state index in [0.717, 1.165) is 11.0 Å². The molecule has 1 aromatic carbocycles. The summed E-state index contributed by atoms with van der Waals surface area (Å²) >= 11 is 11.7. The molecule has 2 aromatic heterocycles. The van der Waals surface area contributed by atoms with Gasteiger partial charge in [-0.3, -0.25) is 4.57 Å². The first-order chi connectivity index (χ1) is 8.25. The third-order valence-electron chi connectivity index (χ3n) is 2.28. The Morgan fingerprint density at radius 3 is 2.76 bits per heavy atom. The van der Waals surface area contributed by atoms with Crippen LogP contribution in [0.2, 0.25) is 10.4 Å². The van der Waals surface area contributed by atoms with Crippen LogP contribution in [0.4, 0.5) is 0 Å². The van der Waals surface area contributed by atoms with Crippen molar-refractivity contribution in [3.05, 3.63) is 41.0 Å². The molecular formula is C10H5Cl2N5. The van der Waals surface area contributed by atoms with Gasteiger partial charge in [0.25, 0.3) is 0 Å². The van der Waals surface area contributed by atoms with E-state index >= 15 is 0 Å². The van der Waals surface area contributed by atoms with E-state index in [9.17, 15) is 0 Å². The van der Waals surface area contributed by atoms with Crippen molar-refractivity contribution in [3.63, 3.8) is 0 Å². The topological polar surface area (TPSA) is 56.5 Å². The quantitative estimate of drug-likeness (QED) is 0.679. The molecule has 0 atom stereocenters. The van der Waals surface area contributed by atoms with E-state index in [4.69, 9.17) is 23.2 Å². The number of nitrogens with zero attached hydrogens (tertiary/aromatic N) is 5. The van der Waals surface area contributed by atoms with Crippen molar-refractivity contribution in [2.45, 2.75) is 0 Å². The number of benzene rings is 1. The molecule has 0 saturated heterocycles. The van der Waals surface area contributed by atoms with Crippen molar-refractivity contribution in [2.24, 2.45) is 0 Å². The summed E-state index contributed by atoms with van der Waals surface area (Å²) in [6, 6.07) is 7.63. The Hall–Kier alpha value is -1.72. The number of imidazole rings is 1. The Bertz CT molecular complexity index is 694.